The number of aryl methyl sites for hydroxylation is 2. The van der Waals surface area contributed by atoms with Crippen LogP contribution in [0.15, 0.2) is 42.5 Å². The lowest BCUT2D eigenvalue weighted by atomic mass is 10.1. The third kappa shape index (κ3) is 2.68. The SMILES string of the molecule is COc1ccc(NC(=O)c2ccc3c(c2)c(C)c(C)n3C)cc1. The number of nitrogens with one attached hydrogen (secondary N) is 1. The Hall–Kier alpha value is -2.75. The Bertz CT molecular complexity index is 877. The molecule has 2 aromatic carbocycles. The summed E-state index contributed by atoms with van der Waals surface area (Å²) in [7, 11) is 3.66. The fourth-order valence-electron chi connectivity index (χ4n) is 2.77. The molecule has 3 rings (SSSR count). The van der Waals surface area contributed by atoms with Crippen molar-refractivity contribution in [1.29, 1.82) is 0 Å². The highest BCUT2D eigenvalue weighted by atomic mass is 16.5. The van der Waals surface area contributed by atoms with Crippen LogP contribution in [0.5, 0.6) is 5.75 Å². The molecule has 0 unspecified atom stereocenters. The summed E-state index contributed by atoms with van der Waals surface area (Å²) in [6, 6.07) is 13.1. The number of hydrogen-bond acceptors (Lipinski definition) is 2. The predicted molar refractivity (Wildman–Crippen MR) is 93.3 cm³/mol. The molecule has 0 radical (unpaired) electrons. The minimum Gasteiger partial charge on any atom is -0.497 e. The van der Waals surface area contributed by atoms with E-state index in [-0.39, 0.29) is 5.91 Å². The van der Waals surface area contributed by atoms with Crippen LogP contribution < -0.4 is 10.1 Å². The van der Waals surface area contributed by atoms with Crippen LogP contribution in [0.4, 0.5) is 5.69 Å². The Morgan fingerprint density at radius 1 is 1.09 bits per heavy atom. The normalized spacial score (nSPS) is 10.8. The van der Waals surface area contributed by atoms with Crippen molar-refractivity contribution in [2.24, 2.45) is 7.05 Å². The Labute approximate surface area is 135 Å². The molecule has 23 heavy (non-hydrogen) atoms. The molecule has 0 aliphatic rings. The van der Waals surface area contributed by atoms with Gasteiger partial charge in [0.15, 0.2) is 0 Å². The lowest BCUT2D eigenvalue weighted by molar-refractivity contribution is 0.102. The van der Waals surface area contributed by atoms with E-state index in [0.717, 1.165) is 22.3 Å². The molecule has 3 aromatic rings. The highest BCUT2D eigenvalue weighted by Gasteiger charge is 2.12. The number of anilines is 1. The number of nitrogens with zero attached hydrogens (tertiary/aromatic N) is 1. The van der Waals surface area contributed by atoms with E-state index in [4.69, 9.17) is 4.74 Å². The zero-order chi connectivity index (χ0) is 16.6. The van der Waals surface area contributed by atoms with Gasteiger partial charge in [0.1, 0.15) is 5.75 Å². The number of hydrogen-bond donors (Lipinski definition) is 1. The van der Waals surface area contributed by atoms with E-state index < -0.39 is 0 Å². The van der Waals surface area contributed by atoms with Crippen LogP contribution in [0.25, 0.3) is 10.9 Å². The number of carbonyl (C=O) groups is 1. The van der Waals surface area contributed by atoms with E-state index in [1.807, 2.05) is 49.5 Å². The zero-order valence-electron chi connectivity index (χ0n) is 13.8. The third-order valence-corrected chi connectivity index (χ3v) is 4.42. The van der Waals surface area contributed by atoms with Crippen LogP contribution in [0, 0.1) is 13.8 Å². The second-order valence-corrected chi connectivity index (χ2v) is 5.68. The summed E-state index contributed by atoms with van der Waals surface area (Å²) in [5, 5.41) is 4.03. The van der Waals surface area contributed by atoms with Crippen molar-refractivity contribution in [3.63, 3.8) is 0 Å². The minimum absolute atomic E-state index is 0.113. The van der Waals surface area contributed by atoms with Gasteiger partial charge < -0.3 is 14.6 Å². The maximum absolute atomic E-state index is 12.5. The van der Waals surface area contributed by atoms with Gasteiger partial charge in [0.05, 0.1) is 7.11 Å². The number of amides is 1. The van der Waals surface area contributed by atoms with E-state index in [2.05, 4.69) is 23.7 Å². The van der Waals surface area contributed by atoms with Crippen molar-refractivity contribution in [2.45, 2.75) is 13.8 Å². The molecule has 0 aliphatic carbocycles. The summed E-state index contributed by atoms with van der Waals surface area (Å²) in [5.74, 6) is 0.651. The van der Waals surface area contributed by atoms with Gasteiger partial charge in [-0.05, 0) is 61.9 Å². The van der Waals surface area contributed by atoms with E-state index in [1.54, 1.807) is 7.11 Å². The summed E-state index contributed by atoms with van der Waals surface area (Å²) >= 11 is 0. The lowest BCUT2D eigenvalue weighted by Crippen LogP contribution is -2.11. The quantitative estimate of drug-likeness (QED) is 0.793. The van der Waals surface area contributed by atoms with Gasteiger partial charge >= 0.3 is 0 Å². The summed E-state index contributed by atoms with van der Waals surface area (Å²) in [4.78, 5) is 12.5. The molecule has 0 saturated carbocycles. The molecule has 1 N–H and O–H groups in total. The van der Waals surface area contributed by atoms with Crippen LogP contribution in [0.1, 0.15) is 21.6 Å². The number of benzene rings is 2. The average Bonchev–Trinajstić information content (AvgIpc) is 2.79. The first kappa shape index (κ1) is 15.2. The summed E-state index contributed by atoms with van der Waals surface area (Å²) in [6.45, 7) is 4.18. The van der Waals surface area contributed by atoms with Crippen LogP contribution in [-0.4, -0.2) is 17.6 Å². The van der Waals surface area contributed by atoms with Gasteiger partial charge in [0.25, 0.3) is 5.91 Å². The van der Waals surface area contributed by atoms with Gasteiger partial charge in [0.2, 0.25) is 0 Å². The maximum Gasteiger partial charge on any atom is 0.255 e. The van der Waals surface area contributed by atoms with Gasteiger partial charge in [-0.2, -0.15) is 0 Å². The molecule has 0 aliphatic heterocycles. The molecule has 0 bridgehead atoms. The molecule has 4 nitrogen and oxygen atoms in total. The van der Waals surface area contributed by atoms with Crippen molar-refractivity contribution in [3.8, 4) is 5.75 Å². The van der Waals surface area contributed by atoms with E-state index >= 15 is 0 Å². The second-order valence-electron chi connectivity index (χ2n) is 5.68. The van der Waals surface area contributed by atoms with Crippen molar-refractivity contribution < 1.29 is 9.53 Å². The van der Waals surface area contributed by atoms with Gasteiger partial charge in [-0.15, -0.1) is 0 Å². The van der Waals surface area contributed by atoms with Crippen molar-refractivity contribution in [2.75, 3.05) is 12.4 Å². The molecule has 0 fully saturated rings. The second kappa shape index (κ2) is 5.80. The Morgan fingerprint density at radius 2 is 1.78 bits per heavy atom. The molecule has 0 spiro atoms. The molecular weight excluding hydrogens is 288 g/mol. The van der Waals surface area contributed by atoms with Crippen molar-refractivity contribution in [1.82, 2.24) is 4.57 Å². The molecule has 1 amide bonds. The predicted octanol–water partition coefficient (Wildman–Crippen LogP) is 4.06. The number of methoxy groups -OCH3 is 1. The molecule has 4 heteroatoms. The number of aromatic nitrogens is 1. The third-order valence-electron chi connectivity index (χ3n) is 4.42. The molecule has 1 aromatic heterocycles. The van der Waals surface area contributed by atoms with Gasteiger partial charge in [0, 0.05) is 34.9 Å². The number of carbonyl (C=O) groups excluding carboxylic acids is 1. The van der Waals surface area contributed by atoms with Crippen LogP contribution in [-0.2, 0) is 7.05 Å². The maximum atomic E-state index is 12.5. The standard InChI is InChI=1S/C19H20N2O2/c1-12-13(2)21(3)18-10-5-14(11-17(12)18)19(22)20-15-6-8-16(23-4)9-7-15/h5-11H,1-4H3,(H,20,22). The molecule has 0 saturated heterocycles. The van der Waals surface area contributed by atoms with Crippen molar-refractivity contribution >= 4 is 22.5 Å². The Balaban J connectivity index is 1.89. The number of ether oxygens (including phenoxy) is 1. The summed E-state index contributed by atoms with van der Waals surface area (Å²) in [6.07, 6.45) is 0. The largest absolute Gasteiger partial charge is 0.497 e. The van der Waals surface area contributed by atoms with E-state index in [1.165, 1.54) is 11.3 Å². The van der Waals surface area contributed by atoms with Crippen LogP contribution >= 0.6 is 0 Å². The average molecular weight is 308 g/mol. The highest BCUT2D eigenvalue weighted by Crippen LogP contribution is 2.25. The Morgan fingerprint density at radius 3 is 2.43 bits per heavy atom. The van der Waals surface area contributed by atoms with E-state index in [0.29, 0.717) is 5.56 Å². The van der Waals surface area contributed by atoms with Crippen molar-refractivity contribution in [3.05, 3.63) is 59.3 Å². The summed E-state index contributed by atoms with van der Waals surface area (Å²) in [5.41, 5.74) is 4.97. The van der Waals surface area contributed by atoms with E-state index in [9.17, 15) is 4.79 Å². The molecule has 0 atom stereocenters. The van der Waals surface area contributed by atoms with Crippen LogP contribution in [0.2, 0.25) is 0 Å². The summed E-state index contributed by atoms with van der Waals surface area (Å²) < 4.78 is 7.27. The topological polar surface area (TPSA) is 43.3 Å². The van der Waals surface area contributed by atoms with Gasteiger partial charge in [-0.25, -0.2) is 0 Å². The van der Waals surface area contributed by atoms with Crippen LogP contribution in [0.3, 0.4) is 0 Å². The first-order chi connectivity index (χ1) is 11.0. The smallest absolute Gasteiger partial charge is 0.255 e. The monoisotopic (exact) mass is 308 g/mol. The first-order valence-electron chi connectivity index (χ1n) is 7.52. The number of rotatable bonds is 3. The zero-order valence-corrected chi connectivity index (χ0v) is 13.8. The molecule has 1 heterocycles. The number of fused-ring (bicyclic) bond motifs is 1. The fraction of sp³-hybridized carbons (Fsp3) is 0.211. The molecule has 118 valence electrons. The Kier molecular flexibility index (Phi) is 3.82. The fourth-order valence-corrected chi connectivity index (χ4v) is 2.77. The van der Waals surface area contributed by atoms with Gasteiger partial charge in [-0.3, -0.25) is 4.79 Å². The van der Waals surface area contributed by atoms with Gasteiger partial charge in [-0.1, -0.05) is 0 Å². The lowest BCUT2D eigenvalue weighted by Gasteiger charge is -2.07. The first-order valence-corrected chi connectivity index (χ1v) is 7.52. The highest BCUT2D eigenvalue weighted by molar-refractivity contribution is 6.06. The minimum atomic E-state index is -0.113. The molecular formula is C19H20N2O2.